The Morgan fingerprint density at radius 2 is 1.93 bits per heavy atom. The number of aryl methyl sites for hydroxylation is 1. The number of hydrogen-bond acceptors (Lipinski definition) is 5. The van der Waals surface area contributed by atoms with Gasteiger partial charge in [0.1, 0.15) is 5.82 Å². The number of amides is 1. The normalized spacial score (nSPS) is 10.7. The molecule has 3 rings (SSSR count). The summed E-state index contributed by atoms with van der Waals surface area (Å²) in [4.78, 5) is 12.1. The lowest BCUT2D eigenvalue weighted by Gasteiger charge is -2.09. The number of aromatic nitrogens is 3. The second-order valence-corrected chi connectivity index (χ2v) is 7.15. The van der Waals surface area contributed by atoms with Crippen LogP contribution >= 0.6 is 11.8 Å². The maximum atomic E-state index is 13.2. The van der Waals surface area contributed by atoms with Crippen molar-refractivity contribution in [3.63, 3.8) is 0 Å². The molecule has 0 saturated heterocycles. The van der Waals surface area contributed by atoms with Crippen LogP contribution in [0.1, 0.15) is 18.3 Å². The van der Waals surface area contributed by atoms with Gasteiger partial charge in [0, 0.05) is 17.9 Å². The molecule has 1 amide bonds. The molecule has 0 bridgehead atoms. The van der Waals surface area contributed by atoms with Crippen molar-refractivity contribution in [2.24, 2.45) is 0 Å². The smallest absolute Gasteiger partial charge is 0.234 e. The van der Waals surface area contributed by atoms with E-state index in [0.717, 1.165) is 11.5 Å². The third-order valence-corrected chi connectivity index (χ3v) is 5.02. The molecule has 3 aromatic rings. The molecule has 0 saturated carbocycles. The Kier molecular flexibility index (Phi) is 6.65. The molecule has 0 aliphatic heterocycles. The maximum absolute atomic E-state index is 13.2. The Balaban J connectivity index is 1.57. The summed E-state index contributed by atoms with van der Waals surface area (Å²) in [5.74, 6) is 0.360. The van der Waals surface area contributed by atoms with E-state index in [4.69, 9.17) is 0 Å². The van der Waals surface area contributed by atoms with Gasteiger partial charge in [0.05, 0.1) is 12.3 Å². The monoisotopic (exact) mass is 399 g/mol. The van der Waals surface area contributed by atoms with Crippen molar-refractivity contribution in [1.82, 2.24) is 14.8 Å². The van der Waals surface area contributed by atoms with E-state index in [1.165, 1.54) is 29.5 Å². The van der Waals surface area contributed by atoms with Gasteiger partial charge < -0.3 is 15.2 Å². The average molecular weight is 399 g/mol. The summed E-state index contributed by atoms with van der Waals surface area (Å²) in [6.45, 7) is 5.30. The zero-order valence-corrected chi connectivity index (χ0v) is 16.6. The van der Waals surface area contributed by atoms with Crippen LogP contribution in [0.2, 0.25) is 0 Å². The van der Waals surface area contributed by atoms with Crippen LogP contribution in [0.4, 0.5) is 15.8 Å². The van der Waals surface area contributed by atoms with E-state index >= 15 is 0 Å². The molecule has 2 aromatic carbocycles. The number of nitrogens with zero attached hydrogens (tertiary/aromatic N) is 3. The largest absolute Gasteiger partial charge is 0.378 e. The minimum absolute atomic E-state index is 0.167. The molecule has 0 radical (unpaired) electrons. The highest BCUT2D eigenvalue weighted by Crippen LogP contribution is 2.19. The molecule has 8 heteroatoms. The Labute approximate surface area is 167 Å². The quantitative estimate of drug-likeness (QED) is 0.558. The van der Waals surface area contributed by atoms with Crippen LogP contribution in [0.15, 0.2) is 53.7 Å². The van der Waals surface area contributed by atoms with Gasteiger partial charge in [-0.1, -0.05) is 35.5 Å². The van der Waals surface area contributed by atoms with E-state index in [-0.39, 0.29) is 17.5 Å². The molecule has 1 aromatic heterocycles. The summed E-state index contributed by atoms with van der Waals surface area (Å²) in [7, 11) is 0. The van der Waals surface area contributed by atoms with Crippen LogP contribution in [0.5, 0.6) is 0 Å². The third-order valence-electron chi connectivity index (χ3n) is 4.05. The van der Waals surface area contributed by atoms with Gasteiger partial charge in [0.15, 0.2) is 11.0 Å². The summed E-state index contributed by atoms with van der Waals surface area (Å²) in [5, 5.41) is 15.1. The number of anilines is 2. The highest BCUT2D eigenvalue weighted by Gasteiger charge is 2.13. The van der Waals surface area contributed by atoms with Gasteiger partial charge in [-0.25, -0.2) is 4.39 Å². The van der Waals surface area contributed by atoms with Crippen LogP contribution in [0.3, 0.4) is 0 Å². The molecule has 2 N–H and O–H groups in total. The van der Waals surface area contributed by atoms with Crippen LogP contribution in [0.25, 0.3) is 0 Å². The molecule has 0 aliphatic carbocycles. The van der Waals surface area contributed by atoms with Gasteiger partial charge in [-0.3, -0.25) is 4.79 Å². The molecule has 6 nitrogen and oxygen atoms in total. The third kappa shape index (κ3) is 5.32. The first-order valence-corrected chi connectivity index (χ1v) is 9.94. The van der Waals surface area contributed by atoms with E-state index in [2.05, 4.69) is 20.8 Å². The number of benzene rings is 2. The molecule has 146 valence electrons. The van der Waals surface area contributed by atoms with Crippen LogP contribution in [-0.4, -0.2) is 26.4 Å². The molecule has 0 unspecified atom stereocenters. The fraction of sp³-hybridized carbons (Fsp3) is 0.250. The number of thioether (sulfide) groups is 1. The van der Waals surface area contributed by atoms with E-state index in [9.17, 15) is 9.18 Å². The molecular weight excluding hydrogens is 377 g/mol. The van der Waals surface area contributed by atoms with Gasteiger partial charge in [-0.2, -0.15) is 0 Å². The van der Waals surface area contributed by atoms with Crippen molar-refractivity contribution >= 4 is 29.0 Å². The lowest BCUT2D eigenvalue weighted by molar-refractivity contribution is -0.113. The highest BCUT2D eigenvalue weighted by molar-refractivity contribution is 7.99. The molecule has 1 heterocycles. The minimum atomic E-state index is -0.387. The van der Waals surface area contributed by atoms with Crippen molar-refractivity contribution in [2.45, 2.75) is 32.1 Å². The number of hydrogen-bond donors (Lipinski definition) is 2. The summed E-state index contributed by atoms with van der Waals surface area (Å²) in [6, 6.07) is 14.0. The number of nitrogens with one attached hydrogen (secondary N) is 2. The second-order valence-electron chi connectivity index (χ2n) is 6.21. The second kappa shape index (κ2) is 9.36. The number of carbonyl (C=O) groups is 1. The van der Waals surface area contributed by atoms with Gasteiger partial charge in [0.2, 0.25) is 5.91 Å². The van der Waals surface area contributed by atoms with Gasteiger partial charge >= 0.3 is 0 Å². The fourth-order valence-corrected chi connectivity index (χ4v) is 3.44. The van der Waals surface area contributed by atoms with E-state index in [1.54, 1.807) is 12.1 Å². The average Bonchev–Trinajstić information content (AvgIpc) is 3.08. The van der Waals surface area contributed by atoms with E-state index < -0.39 is 0 Å². The summed E-state index contributed by atoms with van der Waals surface area (Å²) >= 11 is 1.30. The Hall–Kier alpha value is -2.87. The summed E-state index contributed by atoms with van der Waals surface area (Å²) in [5.41, 5.74) is 2.66. The molecule has 0 fully saturated rings. The van der Waals surface area contributed by atoms with Crippen molar-refractivity contribution in [1.29, 1.82) is 0 Å². The molecular formula is C20H22FN5OS. The van der Waals surface area contributed by atoms with Crippen LogP contribution < -0.4 is 10.6 Å². The number of halogens is 1. The zero-order valence-electron chi connectivity index (χ0n) is 15.8. The SMILES string of the molecule is CCn1c(CNc2ccc(C)cc2)nnc1SCC(=O)Nc1cccc(F)c1. The van der Waals surface area contributed by atoms with Crippen molar-refractivity contribution < 1.29 is 9.18 Å². The standard InChI is InChI=1S/C20H22FN5OS/c1-3-26-18(12-22-16-9-7-14(2)8-10-16)24-25-20(26)28-13-19(27)23-17-6-4-5-15(21)11-17/h4-11,22H,3,12-13H2,1-2H3,(H,23,27). The van der Waals surface area contributed by atoms with E-state index in [0.29, 0.717) is 23.9 Å². The van der Waals surface area contributed by atoms with Crippen molar-refractivity contribution in [3.8, 4) is 0 Å². The van der Waals surface area contributed by atoms with Crippen molar-refractivity contribution in [3.05, 3.63) is 65.7 Å². The molecule has 0 spiro atoms. The lowest BCUT2D eigenvalue weighted by atomic mass is 10.2. The first-order chi connectivity index (χ1) is 13.5. The lowest BCUT2D eigenvalue weighted by Crippen LogP contribution is -2.15. The zero-order chi connectivity index (χ0) is 19.9. The number of carbonyl (C=O) groups excluding carboxylic acids is 1. The molecule has 0 atom stereocenters. The highest BCUT2D eigenvalue weighted by atomic mass is 32.2. The van der Waals surface area contributed by atoms with Gasteiger partial charge in [0.25, 0.3) is 0 Å². The van der Waals surface area contributed by atoms with E-state index in [1.807, 2.05) is 42.7 Å². The summed E-state index contributed by atoms with van der Waals surface area (Å²) in [6.07, 6.45) is 0. The van der Waals surface area contributed by atoms with Gasteiger partial charge in [-0.05, 0) is 44.2 Å². The maximum Gasteiger partial charge on any atom is 0.234 e. The minimum Gasteiger partial charge on any atom is -0.378 e. The van der Waals surface area contributed by atoms with Crippen LogP contribution in [-0.2, 0) is 17.9 Å². The number of rotatable bonds is 8. The summed E-state index contributed by atoms with van der Waals surface area (Å²) < 4.78 is 15.2. The predicted molar refractivity (Wildman–Crippen MR) is 110 cm³/mol. The van der Waals surface area contributed by atoms with Crippen molar-refractivity contribution in [2.75, 3.05) is 16.4 Å². The molecule has 28 heavy (non-hydrogen) atoms. The Morgan fingerprint density at radius 3 is 2.64 bits per heavy atom. The first kappa shape index (κ1) is 19.9. The fourth-order valence-electron chi connectivity index (χ4n) is 2.62. The first-order valence-electron chi connectivity index (χ1n) is 8.96. The predicted octanol–water partition coefficient (Wildman–Crippen LogP) is 4.09. The Bertz CT molecular complexity index is 942. The van der Waals surface area contributed by atoms with Gasteiger partial charge in [-0.15, -0.1) is 10.2 Å². The van der Waals surface area contributed by atoms with Crippen LogP contribution in [0, 0.1) is 12.7 Å². The molecule has 0 aliphatic rings. The topological polar surface area (TPSA) is 71.8 Å². The Morgan fingerprint density at radius 1 is 1.14 bits per heavy atom.